The minimum absolute atomic E-state index is 0.654. The van der Waals surface area contributed by atoms with Gasteiger partial charge in [-0.2, -0.15) is 0 Å². The first-order valence-corrected chi connectivity index (χ1v) is 22.5. The number of fused-ring (bicyclic) bond motifs is 8. The van der Waals surface area contributed by atoms with E-state index in [2.05, 4.69) is 244 Å². The number of hydrogen-bond donors (Lipinski definition) is 0. The molecule has 0 atom stereocenters. The van der Waals surface area contributed by atoms with Gasteiger partial charge in [0.25, 0.3) is 0 Å². The number of aromatic nitrogens is 2. The molecule has 3 nitrogen and oxygen atoms in total. The van der Waals surface area contributed by atoms with Gasteiger partial charge in [0.15, 0.2) is 0 Å². The van der Waals surface area contributed by atoms with Crippen molar-refractivity contribution in [1.82, 2.24) is 9.13 Å². The third-order valence-electron chi connectivity index (χ3n) is 14.0. The molecule has 0 aliphatic carbocycles. The van der Waals surface area contributed by atoms with Gasteiger partial charge in [0.1, 0.15) is 0 Å². The summed E-state index contributed by atoms with van der Waals surface area (Å²) >= 11 is 0. The molecular weight excluding hydrogens is 775 g/mol. The zero-order chi connectivity index (χ0) is 43.4. The van der Waals surface area contributed by atoms with Crippen LogP contribution < -0.4 is 4.90 Å². The molecule has 0 N–H and O–H groups in total. The quantitative estimate of drug-likeness (QED) is 0.169. The predicted octanol–water partition coefficient (Wildman–Crippen LogP) is 15.9. The lowest BCUT2D eigenvalue weighted by Gasteiger charge is -2.47. The van der Waals surface area contributed by atoms with Gasteiger partial charge in [-0.3, -0.25) is 0 Å². The van der Waals surface area contributed by atoms with Gasteiger partial charge in [-0.05, 0) is 160 Å². The molecule has 2 aromatic heterocycles. The van der Waals surface area contributed by atoms with Crippen molar-refractivity contribution in [3.8, 4) is 11.4 Å². The van der Waals surface area contributed by atoms with Gasteiger partial charge in [0.05, 0.1) is 38.9 Å². The van der Waals surface area contributed by atoms with Gasteiger partial charge in [-0.1, -0.05) is 125 Å². The van der Waals surface area contributed by atoms with E-state index < -0.39 is 5.41 Å². The van der Waals surface area contributed by atoms with Crippen LogP contribution in [-0.4, -0.2) is 9.13 Å². The van der Waals surface area contributed by atoms with Crippen LogP contribution in [0, 0.1) is 41.5 Å². The third-order valence-corrected chi connectivity index (χ3v) is 14.0. The van der Waals surface area contributed by atoms with Crippen LogP contribution in [0.1, 0.15) is 55.6 Å². The molecule has 0 unspecified atom stereocenters. The van der Waals surface area contributed by atoms with E-state index in [1.54, 1.807) is 0 Å². The molecule has 308 valence electrons. The van der Waals surface area contributed by atoms with Crippen LogP contribution in [-0.2, 0) is 5.41 Å². The SMILES string of the molecule is Cc1ccc2c(c1)c1cc(C)ccc1n2-c1ccc(C2(c3ccc(-n4c5ccc(C)cc5c5cc(C)ccc54)cc3)c3ccccc3N(c3ccccc3C)c3c(C)cccc32)cc1. The summed E-state index contributed by atoms with van der Waals surface area (Å²) in [6.45, 7) is 13.2. The number of para-hydroxylation sites is 3. The van der Waals surface area contributed by atoms with E-state index in [4.69, 9.17) is 0 Å². The largest absolute Gasteiger partial charge is 0.309 e. The standard InChI is InChI=1S/C61H49N3/c1-38-18-30-55-48(34-38)49-35-39(2)19-31-56(49)62(55)46-26-22-44(23-27-46)61(45-24-28-47(29-25-45)63-57-32-20-40(3)36-50(57)51-37-41(4)21-33-58(51)63)52-14-8-10-17-59(52)64(54-16-9-7-12-42(54)5)60-43(6)13-11-15-53(60)61/h7-37H,1-6H3. The Labute approximate surface area is 375 Å². The number of nitrogens with zero attached hydrogens (tertiary/aromatic N) is 3. The highest BCUT2D eigenvalue weighted by Gasteiger charge is 2.47. The number of rotatable bonds is 5. The van der Waals surface area contributed by atoms with Gasteiger partial charge >= 0.3 is 0 Å². The Bertz CT molecular complexity index is 3390. The highest BCUT2D eigenvalue weighted by atomic mass is 15.2. The van der Waals surface area contributed by atoms with Crippen LogP contribution in [0.5, 0.6) is 0 Å². The molecule has 11 aromatic rings. The molecule has 3 heteroatoms. The smallest absolute Gasteiger partial charge is 0.0742 e. The maximum absolute atomic E-state index is 2.51. The topological polar surface area (TPSA) is 13.1 Å². The van der Waals surface area contributed by atoms with Crippen LogP contribution in [0.25, 0.3) is 55.0 Å². The van der Waals surface area contributed by atoms with Crippen molar-refractivity contribution in [1.29, 1.82) is 0 Å². The second-order valence-electron chi connectivity index (χ2n) is 18.2. The molecule has 1 aliphatic heterocycles. The molecule has 1 aliphatic rings. The minimum Gasteiger partial charge on any atom is -0.309 e. The molecule has 0 saturated carbocycles. The van der Waals surface area contributed by atoms with E-state index in [1.807, 2.05) is 0 Å². The van der Waals surface area contributed by atoms with Crippen LogP contribution in [0.4, 0.5) is 17.1 Å². The lowest BCUT2D eigenvalue weighted by Crippen LogP contribution is -2.38. The van der Waals surface area contributed by atoms with Gasteiger partial charge in [-0.15, -0.1) is 0 Å². The number of aryl methyl sites for hydroxylation is 6. The monoisotopic (exact) mass is 823 g/mol. The molecule has 3 heterocycles. The highest BCUT2D eigenvalue weighted by molar-refractivity contribution is 6.11. The van der Waals surface area contributed by atoms with E-state index in [9.17, 15) is 0 Å². The molecule has 0 saturated heterocycles. The first-order valence-electron chi connectivity index (χ1n) is 22.5. The number of hydrogen-bond acceptors (Lipinski definition) is 1. The lowest BCUT2D eigenvalue weighted by atomic mass is 9.62. The van der Waals surface area contributed by atoms with E-state index in [1.165, 1.54) is 116 Å². The molecule has 0 bridgehead atoms. The molecule has 64 heavy (non-hydrogen) atoms. The van der Waals surface area contributed by atoms with Crippen molar-refractivity contribution >= 4 is 60.7 Å². The van der Waals surface area contributed by atoms with Crippen LogP contribution in [0.2, 0.25) is 0 Å². The number of anilines is 3. The molecular formula is C61H49N3. The molecule has 0 spiro atoms. The van der Waals surface area contributed by atoms with Gasteiger partial charge in [0, 0.05) is 38.6 Å². The van der Waals surface area contributed by atoms with Gasteiger partial charge in [-0.25, -0.2) is 0 Å². The lowest BCUT2D eigenvalue weighted by molar-refractivity contribution is 0.729. The van der Waals surface area contributed by atoms with E-state index in [-0.39, 0.29) is 0 Å². The Balaban J connectivity index is 1.12. The van der Waals surface area contributed by atoms with Gasteiger partial charge < -0.3 is 14.0 Å². The fourth-order valence-corrected chi connectivity index (χ4v) is 11.1. The summed E-state index contributed by atoms with van der Waals surface area (Å²) in [6.07, 6.45) is 0. The first kappa shape index (κ1) is 38.1. The van der Waals surface area contributed by atoms with E-state index >= 15 is 0 Å². The summed E-state index contributed by atoms with van der Waals surface area (Å²) < 4.78 is 4.88. The maximum Gasteiger partial charge on any atom is 0.0742 e. The Morgan fingerprint density at radius 1 is 0.328 bits per heavy atom. The molecule has 0 amide bonds. The maximum atomic E-state index is 2.51. The second-order valence-corrected chi connectivity index (χ2v) is 18.2. The normalized spacial score (nSPS) is 13.2. The zero-order valence-electron chi connectivity index (χ0n) is 37.2. The predicted molar refractivity (Wildman–Crippen MR) is 270 cm³/mol. The molecule has 12 rings (SSSR count). The first-order chi connectivity index (χ1) is 31.2. The van der Waals surface area contributed by atoms with E-state index in [0.29, 0.717) is 0 Å². The summed E-state index contributed by atoms with van der Waals surface area (Å²) in [5.41, 5.74) is 22.6. The van der Waals surface area contributed by atoms with Crippen molar-refractivity contribution in [2.24, 2.45) is 0 Å². The summed E-state index contributed by atoms with van der Waals surface area (Å²) in [4.78, 5) is 2.51. The van der Waals surface area contributed by atoms with Crippen molar-refractivity contribution in [2.45, 2.75) is 47.0 Å². The third kappa shape index (κ3) is 5.47. The van der Waals surface area contributed by atoms with E-state index in [0.717, 1.165) is 11.4 Å². The fraction of sp³-hybridized carbons (Fsp3) is 0.115. The minimum atomic E-state index is -0.654. The van der Waals surface area contributed by atoms with Crippen LogP contribution in [0.15, 0.2) is 188 Å². The van der Waals surface area contributed by atoms with Crippen LogP contribution in [0.3, 0.4) is 0 Å². The summed E-state index contributed by atoms with van der Waals surface area (Å²) in [5.74, 6) is 0. The zero-order valence-corrected chi connectivity index (χ0v) is 37.2. The summed E-state index contributed by atoms with van der Waals surface area (Å²) in [5, 5.41) is 5.15. The van der Waals surface area contributed by atoms with Gasteiger partial charge in [0.2, 0.25) is 0 Å². The Hall–Kier alpha value is -7.62. The average molecular weight is 824 g/mol. The Morgan fingerprint density at radius 2 is 0.719 bits per heavy atom. The summed E-state index contributed by atoms with van der Waals surface area (Å²) in [7, 11) is 0. The highest BCUT2D eigenvalue weighted by Crippen LogP contribution is 2.59. The Morgan fingerprint density at radius 3 is 1.17 bits per heavy atom. The molecule has 0 fully saturated rings. The Kier molecular flexibility index (Phi) is 8.45. The molecule has 0 radical (unpaired) electrons. The summed E-state index contributed by atoms with van der Waals surface area (Å²) in [6, 6.07) is 71.2. The average Bonchev–Trinajstić information content (AvgIpc) is 3.79. The second kappa shape index (κ2) is 14.2. The number of benzene rings is 9. The van der Waals surface area contributed by atoms with Crippen molar-refractivity contribution < 1.29 is 0 Å². The van der Waals surface area contributed by atoms with Crippen molar-refractivity contribution in [3.63, 3.8) is 0 Å². The van der Waals surface area contributed by atoms with Crippen molar-refractivity contribution in [2.75, 3.05) is 4.90 Å². The molecule has 9 aromatic carbocycles. The van der Waals surface area contributed by atoms with Crippen LogP contribution >= 0.6 is 0 Å². The fourth-order valence-electron chi connectivity index (χ4n) is 11.1. The van der Waals surface area contributed by atoms with Crippen molar-refractivity contribution in [3.05, 3.63) is 244 Å².